The summed E-state index contributed by atoms with van der Waals surface area (Å²) in [6.07, 6.45) is 0. The minimum atomic E-state index is 0.383. The summed E-state index contributed by atoms with van der Waals surface area (Å²) >= 11 is 5.68. The van der Waals surface area contributed by atoms with Gasteiger partial charge in [-0.1, -0.05) is 22.9 Å². The van der Waals surface area contributed by atoms with Gasteiger partial charge in [0.1, 0.15) is 0 Å². The zero-order valence-corrected chi connectivity index (χ0v) is 9.51. The molecule has 2 aromatic rings. The predicted octanol–water partition coefficient (Wildman–Crippen LogP) is 3.70. The Balaban J connectivity index is 2.48. The molecule has 1 aromatic carbocycles. The third-order valence-electron chi connectivity index (χ3n) is 2.35. The van der Waals surface area contributed by atoms with Gasteiger partial charge in [-0.05, 0) is 25.5 Å². The van der Waals surface area contributed by atoms with Crippen molar-refractivity contribution in [3.8, 4) is 11.3 Å². The molecule has 0 unspecified atom stereocenters. The number of hydrogen-bond acceptors (Lipinski definition) is 2. The lowest BCUT2D eigenvalue weighted by Gasteiger charge is -2.02. The molecular weight excluding hydrogens is 210 g/mol. The van der Waals surface area contributed by atoms with Crippen LogP contribution in [0.2, 0.25) is 0 Å². The maximum atomic E-state index is 5.68. The molecule has 0 radical (unpaired) electrons. The van der Waals surface area contributed by atoms with Gasteiger partial charge in [-0.15, -0.1) is 11.6 Å². The number of rotatable bonds is 2. The SMILES string of the molecule is Cc1ccc(C)c(-c2cc(CCl)no2)c1. The fraction of sp³-hybridized carbons (Fsp3) is 0.250. The van der Waals surface area contributed by atoms with Gasteiger partial charge in [0, 0.05) is 11.6 Å². The van der Waals surface area contributed by atoms with E-state index in [4.69, 9.17) is 16.1 Å². The zero-order valence-electron chi connectivity index (χ0n) is 8.75. The van der Waals surface area contributed by atoms with E-state index in [1.165, 1.54) is 11.1 Å². The van der Waals surface area contributed by atoms with E-state index in [0.717, 1.165) is 17.0 Å². The molecule has 0 fully saturated rings. The van der Waals surface area contributed by atoms with Crippen LogP contribution in [-0.2, 0) is 5.88 Å². The lowest BCUT2D eigenvalue weighted by Crippen LogP contribution is -1.82. The Labute approximate surface area is 93.9 Å². The third kappa shape index (κ3) is 2.05. The monoisotopic (exact) mass is 221 g/mol. The highest BCUT2D eigenvalue weighted by Crippen LogP contribution is 2.25. The summed E-state index contributed by atoms with van der Waals surface area (Å²) in [5, 5.41) is 3.87. The van der Waals surface area contributed by atoms with Crippen LogP contribution in [0, 0.1) is 13.8 Å². The zero-order chi connectivity index (χ0) is 10.8. The number of alkyl halides is 1. The van der Waals surface area contributed by atoms with Crippen molar-refractivity contribution in [3.05, 3.63) is 41.1 Å². The Morgan fingerprint density at radius 2 is 2.07 bits per heavy atom. The molecule has 78 valence electrons. The van der Waals surface area contributed by atoms with Crippen molar-refractivity contribution in [1.82, 2.24) is 5.16 Å². The van der Waals surface area contributed by atoms with Gasteiger partial charge in [-0.2, -0.15) is 0 Å². The number of halogens is 1. The average molecular weight is 222 g/mol. The molecule has 0 saturated heterocycles. The number of hydrogen-bond donors (Lipinski definition) is 0. The minimum absolute atomic E-state index is 0.383. The fourth-order valence-corrected chi connectivity index (χ4v) is 1.63. The summed E-state index contributed by atoms with van der Waals surface area (Å²) in [7, 11) is 0. The second-order valence-electron chi connectivity index (χ2n) is 3.63. The number of aryl methyl sites for hydroxylation is 2. The van der Waals surface area contributed by atoms with Gasteiger partial charge in [0.15, 0.2) is 5.76 Å². The molecule has 2 nitrogen and oxygen atoms in total. The van der Waals surface area contributed by atoms with Crippen LogP contribution in [0.25, 0.3) is 11.3 Å². The van der Waals surface area contributed by atoms with E-state index in [0.29, 0.717) is 5.88 Å². The number of aromatic nitrogens is 1. The molecule has 0 atom stereocenters. The first-order valence-electron chi connectivity index (χ1n) is 4.80. The highest BCUT2D eigenvalue weighted by atomic mass is 35.5. The van der Waals surface area contributed by atoms with Crippen molar-refractivity contribution < 1.29 is 4.52 Å². The van der Waals surface area contributed by atoms with Crippen LogP contribution in [0.15, 0.2) is 28.8 Å². The van der Waals surface area contributed by atoms with Gasteiger partial charge in [-0.3, -0.25) is 0 Å². The number of benzene rings is 1. The molecule has 3 heteroatoms. The molecule has 0 N–H and O–H groups in total. The minimum Gasteiger partial charge on any atom is -0.356 e. The van der Waals surface area contributed by atoms with E-state index in [1.54, 1.807) is 0 Å². The highest BCUT2D eigenvalue weighted by Gasteiger charge is 2.08. The smallest absolute Gasteiger partial charge is 0.167 e. The van der Waals surface area contributed by atoms with E-state index >= 15 is 0 Å². The first-order valence-corrected chi connectivity index (χ1v) is 5.33. The quantitative estimate of drug-likeness (QED) is 0.723. The van der Waals surface area contributed by atoms with Crippen LogP contribution in [0.5, 0.6) is 0 Å². The molecule has 0 aliphatic heterocycles. The fourth-order valence-electron chi connectivity index (χ4n) is 1.50. The van der Waals surface area contributed by atoms with Crippen LogP contribution >= 0.6 is 11.6 Å². The average Bonchev–Trinajstić information content (AvgIpc) is 2.70. The van der Waals surface area contributed by atoms with Gasteiger partial charge in [0.05, 0.1) is 11.6 Å². The molecule has 0 bridgehead atoms. The maximum Gasteiger partial charge on any atom is 0.167 e. The Morgan fingerprint density at radius 3 is 2.73 bits per heavy atom. The maximum absolute atomic E-state index is 5.68. The molecule has 0 spiro atoms. The van der Waals surface area contributed by atoms with Crippen LogP contribution in [0.1, 0.15) is 16.8 Å². The van der Waals surface area contributed by atoms with Crippen LogP contribution in [-0.4, -0.2) is 5.16 Å². The number of nitrogens with zero attached hydrogens (tertiary/aromatic N) is 1. The molecule has 2 rings (SSSR count). The lowest BCUT2D eigenvalue weighted by molar-refractivity contribution is 0.426. The van der Waals surface area contributed by atoms with Crippen LogP contribution in [0.4, 0.5) is 0 Å². The lowest BCUT2D eigenvalue weighted by atomic mass is 10.0. The van der Waals surface area contributed by atoms with Crippen LogP contribution < -0.4 is 0 Å². The van der Waals surface area contributed by atoms with E-state index in [9.17, 15) is 0 Å². The summed E-state index contributed by atoms with van der Waals surface area (Å²) in [6.45, 7) is 4.11. The Hall–Kier alpha value is -1.28. The van der Waals surface area contributed by atoms with Crippen molar-refractivity contribution in [3.63, 3.8) is 0 Å². The first kappa shape index (κ1) is 10.2. The summed E-state index contributed by atoms with van der Waals surface area (Å²) in [5.74, 6) is 1.17. The molecule has 1 heterocycles. The summed E-state index contributed by atoms with van der Waals surface area (Å²) in [4.78, 5) is 0. The van der Waals surface area contributed by atoms with Gasteiger partial charge in [0.25, 0.3) is 0 Å². The van der Waals surface area contributed by atoms with E-state index in [1.807, 2.05) is 6.07 Å². The normalized spacial score (nSPS) is 10.6. The second-order valence-corrected chi connectivity index (χ2v) is 3.90. The van der Waals surface area contributed by atoms with Crippen molar-refractivity contribution in [2.45, 2.75) is 19.7 Å². The molecular formula is C12H12ClNO. The summed E-state index contributed by atoms with van der Waals surface area (Å²) in [6, 6.07) is 8.13. The molecule has 0 saturated carbocycles. The van der Waals surface area contributed by atoms with E-state index in [-0.39, 0.29) is 0 Å². The Kier molecular flexibility index (Phi) is 2.78. The van der Waals surface area contributed by atoms with Gasteiger partial charge >= 0.3 is 0 Å². The highest BCUT2D eigenvalue weighted by molar-refractivity contribution is 6.16. The van der Waals surface area contributed by atoms with Gasteiger partial charge < -0.3 is 4.52 Å². The second kappa shape index (κ2) is 4.07. The standard InChI is InChI=1S/C12H12ClNO/c1-8-3-4-9(2)11(5-8)12-6-10(7-13)14-15-12/h3-6H,7H2,1-2H3. The van der Waals surface area contributed by atoms with Gasteiger partial charge in [-0.25, -0.2) is 0 Å². The third-order valence-corrected chi connectivity index (χ3v) is 2.63. The van der Waals surface area contributed by atoms with E-state index < -0.39 is 0 Å². The molecule has 0 aliphatic carbocycles. The molecule has 15 heavy (non-hydrogen) atoms. The van der Waals surface area contributed by atoms with Crippen molar-refractivity contribution >= 4 is 11.6 Å². The van der Waals surface area contributed by atoms with Crippen molar-refractivity contribution in [2.75, 3.05) is 0 Å². The summed E-state index contributed by atoms with van der Waals surface area (Å²) in [5.41, 5.74) is 4.24. The van der Waals surface area contributed by atoms with E-state index in [2.05, 4.69) is 37.2 Å². The topological polar surface area (TPSA) is 26.0 Å². The predicted molar refractivity (Wildman–Crippen MR) is 61.0 cm³/mol. The summed E-state index contributed by atoms with van der Waals surface area (Å²) < 4.78 is 5.24. The van der Waals surface area contributed by atoms with Gasteiger partial charge in [0.2, 0.25) is 0 Å². The van der Waals surface area contributed by atoms with Crippen LogP contribution in [0.3, 0.4) is 0 Å². The molecule has 0 amide bonds. The molecule has 1 aromatic heterocycles. The molecule has 0 aliphatic rings. The van der Waals surface area contributed by atoms with Crippen molar-refractivity contribution in [1.29, 1.82) is 0 Å². The first-order chi connectivity index (χ1) is 7.20. The Bertz CT molecular complexity index is 476. The largest absolute Gasteiger partial charge is 0.356 e. The van der Waals surface area contributed by atoms with Crippen molar-refractivity contribution in [2.24, 2.45) is 0 Å². The Morgan fingerprint density at radius 1 is 1.27 bits per heavy atom.